The molecule has 0 aliphatic heterocycles. The van der Waals surface area contributed by atoms with E-state index in [0.717, 1.165) is 5.56 Å². The van der Waals surface area contributed by atoms with Gasteiger partial charge in [-0.2, -0.15) is 0 Å². The van der Waals surface area contributed by atoms with Crippen molar-refractivity contribution in [2.45, 2.75) is 26.0 Å². The summed E-state index contributed by atoms with van der Waals surface area (Å²) in [7, 11) is 1.50. The lowest BCUT2D eigenvalue weighted by atomic mass is 10.1. The second kappa shape index (κ2) is 8.92. The van der Waals surface area contributed by atoms with Crippen molar-refractivity contribution < 1.29 is 19.1 Å². The highest BCUT2D eigenvalue weighted by atomic mass is 35.5. The highest BCUT2D eigenvalue weighted by molar-refractivity contribution is 6.35. The molecule has 1 N–H and O–H groups in total. The second-order valence-electron chi connectivity index (χ2n) is 5.68. The number of rotatable bonds is 7. The number of carbonyl (C=O) groups excluding carboxylic acids is 2. The third-order valence-electron chi connectivity index (χ3n) is 3.80. The molecule has 0 spiro atoms. The van der Waals surface area contributed by atoms with Crippen LogP contribution in [0.1, 0.15) is 35.8 Å². The fraction of sp³-hybridized carbons (Fsp3) is 0.263. The first kappa shape index (κ1) is 20.1. The van der Waals surface area contributed by atoms with Crippen molar-refractivity contribution >= 4 is 35.4 Å². The lowest BCUT2D eigenvalue weighted by Gasteiger charge is -2.20. The van der Waals surface area contributed by atoms with Crippen LogP contribution in [0.25, 0.3) is 0 Å². The number of amides is 1. The molecule has 2 aromatic carbocycles. The van der Waals surface area contributed by atoms with E-state index in [4.69, 9.17) is 32.7 Å². The number of hydrogen-bond donors (Lipinski definition) is 1. The minimum atomic E-state index is -0.810. The van der Waals surface area contributed by atoms with E-state index in [1.165, 1.54) is 7.11 Å². The van der Waals surface area contributed by atoms with Crippen LogP contribution >= 0.6 is 23.2 Å². The molecule has 138 valence electrons. The summed E-state index contributed by atoms with van der Waals surface area (Å²) in [6.07, 6.45) is -0.158. The van der Waals surface area contributed by atoms with Crippen molar-refractivity contribution in [3.05, 3.63) is 57.6 Å². The van der Waals surface area contributed by atoms with Gasteiger partial charge in [0.25, 0.3) is 5.91 Å². The lowest BCUT2D eigenvalue weighted by Crippen LogP contribution is -2.38. The van der Waals surface area contributed by atoms with Crippen molar-refractivity contribution in [2.24, 2.45) is 0 Å². The van der Waals surface area contributed by atoms with E-state index in [2.05, 4.69) is 5.32 Å². The summed E-state index contributed by atoms with van der Waals surface area (Å²) in [5.74, 6) is 0.499. The summed E-state index contributed by atoms with van der Waals surface area (Å²) in [5, 5.41) is 3.82. The van der Waals surface area contributed by atoms with Crippen molar-refractivity contribution in [2.75, 3.05) is 7.11 Å². The highest BCUT2D eigenvalue weighted by Gasteiger charge is 2.20. The molecule has 0 bridgehead atoms. The van der Waals surface area contributed by atoms with Gasteiger partial charge in [0.1, 0.15) is 11.5 Å². The maximum atomic E-state index is 12.4. The molecule has 0 radical (unpaired) electrons. The SMILES string of the molecule is COc1ccc(O[C@H](C)C(=O)N[C@H](C)c2ccc(Cl)cc2Cl)c(C=O)c1. The molecule has 5 nitrogen and oxygen atoms in total. The molecule has 0 unspecified atom stereocenters. The largest absolute Gasteiger partial charge is 0.497 e. The average Bonchev–Trinajstić information content (AvgIpc) is 2.61. The first-order valence-electron chi connectivity index (χ1n) is 7.91. The van der Waals surface area contributed by atoms with Gasteiger partial charge in [0.2, 0.25) is 0 Å². The summed E-state index contributed by atoms with van der Waals surface area (Å²) in [4.78, 5) is 23.6. The molecular weight excluding hydrogens is 377 g/mol. The van der Waals surface area contributed by atoms with Crippen LogP contribution in [0.5, 0.6) is 11.5 Å². The quantitative estimate of drug-likeness (QED) is 0.702. The molecule has 7 heteroatoms. The number of benzene rings is 2. The summed E-state index contributed by atoms with van der Waals surface area (Å²) < 4.78 is 10.7. The molecule has 0 saturated heterocycles. The van der Waals surface area contributed by atoms with E-state index in [1.807, 2.05) is 6.92 Å². The molecule has 0 aliphatic rings. The Balaban J connectivity index is 2.06. The van der Waals surface area contributed by atoms with Gasteiger partial charge in [-0.1, -0.05) is 29.3 Å². The Bertz CT molecular complexity index is 810. The van der Waals surface area contributed by atoms with Crippen LogP contribution in [0.15, 0.2) is 36.4 Å². The Morgan fingerprint density at radius 2 is 1.88 bits per heavy atom. The lowest BCUT2D eigenvalue weighted by molar-refractivity contribution is -0.127. The molecule has 1 amide bonds. The second-order valence-corrected chi connectivity index (χ2v) is 6.52. The van der Waals surface area contributed by atoms with Crippen LogP contribution in [0.3, 0.4) is 0 Å². The highest BCUT2D eigenvalue weighted by Crippen LogP contribution is 2.27. The first-order chi connectivity index (χ1) is 12.3. The Hall–Kier alpha value is -2.24. The zero-order valence-electron chi connectivity index (χ0n) is 14.6. The van der Waals surface area contributed by atoms with Gasteiger partial charge in [-0.3, -0.25) is 9.59 Å². The van der Waals surface area contributed by atoms with Crippen molar-refractivity contribution in [1.82, 2.24) is 5.32 Å². The number of aldehydes is 1. The average molecular weight is 396 g/mol. The summed E-state index contributed by atoms with van der Waals surface area (Å²) in [6, 6.07) is 9.54. The third-order valence-corrected chi connectivity index (χ3v) is 4.37. The van der Waals surface area contributed by atoms with Crippen molar-refractivity contribution in [3.8, 4) is 11.5 Å². The van der Waals surface area contributed by atoms with Gasteiger partial charge in [-0.05, 0) is 49.7 Å². The zero-order valence-corrected chi connectivity index (χ0v) is 16.1. The third kappa shape index (κ3) is 4.90. The Morgan fingerprint density at radius 3 is 2.50 bits per heavy atom. The summed E-state index contributed by atoms with van der Waals surface area (Å²) in [6.45, 7) is 3.41. The monoisotopic (exact) mass is 395 g/mol. The molecule has 2 atom stereocenters. The van der Waals surface area contributed by atoms with Crippen LogP contribution in [0.4, 0.5) is 0 Å². The molecule has 0 saturated carbocycles. The standard InChI is InChI=1S/C19H19Cl2NO4/c1-11(16-6-4-14(20)9-17(16)21)22-19(24)12(2)26-18-7-5-15(25-3)8-13(18)10-23/h4-12H,1-3H3,(H,22,24)/t11-,12-/m1/s1. The van der Waals surface area contributed by atoms with Crippen LogP contribution in [-0.2, 0) is 4.79 Å². The van der Waals surface area contributed by atoms with Gasteiger partial charge in [-0.15, -0.1) is 0 Å². The maximum Gasteiger partial charge on any atom is 0.261 e. The summed E-state index contributed by atoms with van der Waals surface area (Å²) >= 11 is 12.1. The van der Waals surface area contributed by atoms with Crippen molar-refractivity contribution in [1.29, 1.82) is 0 Å². The molecule has 0 aliphatic carbocycles. The first-order valence-corrected chi connectivity index (χ1v) is 8.66. The van der Waals surface area contributed by atoms with E-state index in [1.54, 1.807) is 43.3 Å². The molecule has 0 heterocycles. The number of methoxy groups -OCH3 is 1. The predicted octanol–water partition coefficient (Wildman–Crippen LogP) is 4.46. The van der Waals surface area contributed by atoms with Crippen LogP contribution in [0, 0.1) is 0 Å². The Labute approximate surface area is 162 Å². The van der Waals surface area contributed by atoms with Crippen LogP contribution in [0.2, 0.25) is 10.0 Å². The Kier molecular flexibility index (Phi) is 6.89. The van der Waals surface area contributed by atoms with E-state index < -0.39 is 6.10 Å². The van der Waals surface area contributed by atoms with Gasteiger partial charge in [-0.25, -0.2) is 0 Å². The smallest absolute Gasteiger partial charge is 0.261 e. The predicted molar refractivity (Wildman–Crippen MR) is 101 cm³/mol. The fourth-order valence-corrected chi connectivity index (χ4v) is 2.93. The van der Waals surface area contributed by atoms with Gasteiger partial charge < -0.3 is 14.8 Å². The van der Waals surface area contributed by atoms with Crippen LogP contribution in [-0.4, -0.2) is 25.4 Å². The number of nitrogens with one attached hydrogen (secondary N) is 1. The minimum Gasteiger partial charge on any atom is -0.497 e. The Morgan fingerprint density at radius 1 is 1.15 bits per heavy atom. The summed E-state index contributed by atoms with van der Waals surface area (Å²) in [5.41, 5.74) is 1.05. The maximum absolute atomic E-state index is 12.4. The number of halogens is 2. The van der Waals surface area contributed by atoms with E-state index >= 15 is 0 Å². The number of carbonyl (C=O) groups is 2. The normalized spacial score (nSPS) is 12.8. The van der Waals surface area contributed by atoms with Crippen LogP contribution < -0.4 is 14.8 Å². The molecule has 0 aromatic heterocycles. The minimum absolute atomic E-state index is 0.304. The zero-order chi connectivity index (χ0) is 19.3. The van der Waals surface area contributed by atoms with Gasteiger partial charge in [0.15, 0.2) is 12.4 Å². The fourth-order valence-electron chi connectivity index (χ4n) is 2.36. The molecule has 2 aromatic rings. The molecular formula is C19H19Cl2NO4. The number of hydrogen-bond acceptors (Lipinski definition) is 4. The number of ether oxygens (including phenoxy) is 2. The van der Waals surface area contributed by atoms with E-state index in [-0.39, 0.29) is 11.9 Å². The van der Waals surface area contributed by atoms with E-state index in [0.29, 0.717) is 33.4 Å². The topological polar surface area (TPSA) is 64.6 Å². The van der Waals surface area contributed by atoms with Gasteiger partial charge in [0, 0.05) is 10.0 Å². The van der Waals surface area contributed by atoms with E-state index in [9.17, 15) is 9.59 Å². The van der Waals surface area contributed by atoms with Gasteiger partial charge in [0.05, 0.1) is 18.7 Å². The van der Waals surface area contributed by atoms with Crippen molar-refractivity contribution in [3.63, 3.8) is 0 Å². The molecule has 26 heavy (non-hydrogen) atoms. The van der Waals surface area contributed by atoms with Gasteiger partial charge >= 0.3 is 0 Å². The molecule has 2 rings (SSSR count). The molecule has 0 fully saturated rings.